The summed E-state index contributed by atoms with van der Waals surface area (Å²) in [7, 11) is 0. The molecule has 0 radical (unpaired) electrons. The third-order valence-electron chi connectivity index (χ3n) is 4.73. The third kappa shape index (κ3) is 4.17. The topological polar surface area (TPSA) is 42.0 Å². The Hall–Kier alpha value is -3.67. The molecule has 30 heavy (non-hydrogen) atoms. The minimum atomic E-state index is -4.39. The van der Waals surface area contributed by atoms with Crippen LogP contribution >= 0.6 is 0 Å². The fraction of sp³-hybridized carbons (Fsp3) is 0.0833. The molecular formula is C24H17F3N2O. The van der Waals surface area contributed by atoms with Gasteiger partial charge in [0, 0.05) is 10.9 Å². The number of halogens is 3. The Kier molecular flexibility index (Phi) is 4.99. The van der Waals surface area contributed by atoms with Gasteiger partial charge in [-0.3, -0.25) is 4.79 Å². The molecule has 4 rings (SSSR count). The van der Waals surface area contributed by atoms with Gasteiger partial charge in [-0.25, -0.2) is 4.98 Å². The minimum Gasteiger partial charge on any atom is -0.307 e. The van der Waals surface area contributed by atoms with Crippen molar-refractivity contribution in [3.63, 3.8) is 0 Å². The number of hydrogen-bond donors (Lipinski definition) is 1. The van der Waals surface area contributed by atoms with Crippen molar-refractivity contribution in [2.24, 2.45) is 0 Å². The monoisotopic (exact) mass is 406 g/mol. The lowest BCUT2D eigenvalue weighted by Crippen LogP contribution is -2.13. The number of nitrogens with one attached hydrogen (secondary N) is 1. The lowest BCUT2D eigenvalue weighted by Gasteiger charge is -2.10. The van der Waals surface area contributed by atoms with Crippen molar-refractivity contribution >= 4 is 22.6 Å². The molecule has 0 saturated carbocycles. The maximum Gasteiger partial charge on any atom is 0.416 e. The maximum absolute atomic E-state index is 13.0. The molecule has 0 unspecified atom stereocenters. The minimum absolute atomic E-state index is 0.258. The molecule has 0 aliphatic rings. The lowest BCUT2D eigenvalue weighted by atomic mass is 10.0. The van der Waals surface area contributed by atoms with Crippen LogP contribution in [-0.4, -0.2) is 10.9 Å². The summed E-state index contributed by atoms with van der Waals surface area (Å²) in [6.07, 6.45) is -4.39. The SMILES string of the molecule is Cc1cccc(C(=O)Nc2ccc3cc(-c4cccc(C(F)(F)F)c4)ccc3n2)c1. The highest BCUT2D eigenvalue weighted by Crippen LogP contribution is 2.33. The predicted molar refractivity (Wildman–Crippen MR) is 111 cm³/mol. The summed E-state index contributed by atoms with van der Waals surface area (Å²) in [4.78, 5) is 16.9. The lowest BCUT2D eigenvalue weighted by molar-refractivity contribution is -0.137. The van der Waals surface area contributed by atoms with Crippen LogP contribution in [0.1, 0.15) is 21.5 Å². The van der Waals surface area contributed by atoms with Crippen LogP contribution in [0.4, 0.5) is 19.0 Å². The first kappa shape index (κ1) is 19.6. The van der Waals surface area contributed by atoms with Gasteiger partial charge in [0.25, 0.3) is 5.91 Å². The first-order chi connectivity index (χ1) is 14.3. The van der Waals surface area contributed by atoms with E-state index in [1.54, 1.807) is 48.5 Å². The van der Waals surface area contributed by atoms with Crippen molar-refractivity contribution in [1.29, 1.82) is 0 Å². The molecular weight excluding hydrogens is 389 g/mol. The summed E-state index contributed by atoms with van der Waals surface area (Å²) in [5, 5.41) is 3.54. The number of fused-ring (bicyclic) bond motifs is 1. The van der Waals surface area contributed by atoms with E-state index in [9.17, 15) is 18.0 Å². The molecule has 4 aromatic rings. The van der Waals surface area contributed by atoms with Gasteiger partial charge in [-0.1, -0.05) is 35.9 Å². The van der Waals surface area contributed by atoms with E-state index in [0.717, 1.165) is 23.1 Å². The standard InChI is InChI=1S/C24H17F3N2O/c1-15-4-2-6-19(12-15)23(30)29-22-11-9-18-13-17(8-10-21(18)28-22)16-5-3-7-20(14-16)24(25,26)27/h2-14H,1H3,(H,28,29,30). The first-order valence-electron chi connectivity index (χ1n) is 9.26. The molecule has 0 fully saturated rings. The maximum atomic E-state index is 13.0. The summed E-state index contributed by atoms with van der Waals surface area (Å²) >= 11 is 0. The number of pyridine rings is 1. The molecule has 0 aliphatic heterocycles. The van der Waals surface area contributed by atoms with Crippen LogP contribution in [0, 0.1) is 6.92 Å². The second-order valence-electron chi connectivity index (χ2n) is 7.01. The molecule has 3 aromatic carbocycles. The molecule has 1 N–H and O–H groups in total. The number of nitrogens with zero attached hydrogens (tertiary/aromatic N) is 1. The molecule has 0 spiro atoms. The number of amides is 1. The zero-order valence-corrected chi connectivity index (χ0v) is 16.0. The van der Waals surface area contributed by atoms with E-state index in [4.69, 9.17) is 0 Å². The van der Waals surface area contributed by atoms with E-state index in [1.807, 2.05) is 19.1 Å². The van der Waals surface area contributed by atoms with E-state index in [1.165, 1.54) is 6.07 Å². The Morgan fingerprint density at radius 3 is 2.40 bits per heavy atom. The van der Waals surface area contributed by atoms with Crippen LogP contribution in [0.2, 0.25) is 0 Å². The highest BCUT2D eigenvalue weighted by atomic mass is 19.4. The summed E-state index contributed by atoms with van der Waals surface area (Å²) in [5.41, 5.74) is 2.60. The second-order valence-corrected chi connectivity index (χ2v) is 7.01. The molecule has 3 nitrogen and oxygen atoms in total. The van der Waals surface area contributed by atoms with Gasteiger partial charge >= 0.3 is 6.18 Å². The molecule has 1 aromatic heterocycles. The van der Waals surface area contributed by atoms with Crippen LogP contribution in [-0.2, 0) is 6.18 Å². The average molecular weight is 406 g/mol. The van der Waals surface area contributed by atoms with Crippen molar-refractivity contribution in [2.75, 3.05) is 5.32 Å². The van der Waals surface area contributed by atoms with Crippen LogP contribution < -0.4 is 5.32 Å². The van der Waals surface area contributed by atoms with Gasteiger partial charge in [-0.05, 0) is 66.6 Å². The van der Waals surface area contributed by atoms with Gasteiger partial charge < -0.3 is 5.32 Å². The quantitative estimate of drug-likeness (QED) is 0.423. The smallest absolute Gasteiger partial charge is 0.307 e. The molecule has 1 heterocycles. The molecule has 0 bridgehead atoms. The van der Waals surface area contributed by atoms with E-state index >= 15 is 0 Å². The fourth-order valence-electron chi connectivity index (χ4n) is 3.22. The number of hydrogen-bond acceptors (Lipinski definition) is 2. The van der Waals surface area contributed by atoms with Crippen molar-refractivity contribution < 1.29 is 18.0 Å². The Bertz CT molecular complexity index is 1250. The zero-order valence-electron chi connectivity index (χ0n) is 16.0. The van der Waals surface area contributed by atoms with Crippen LogP contribution in [0.3, 0.4) is 0 Å². The van der Waals surface area contributed by atoms with Crippen molar-refractivity contribution in [3.8, 4) is 11.1 Å². The van der Waals surface area contributed by atoms with Crippen molar-refractivity contribution in [1.82, 2.24) is 4.98 Å². The molecule has 150 valence electrons. The van der Waals surface area contributed by atoms with Gasteiger partial charge in [0.1, 0.15) is 5.82 Å². The van der Waals surface area contributed by atoms with Crippen LogP contribution in [0.5, 0.6) is 0 Å². The van der Waals surface area contributed by atoms with Crippen LogP contribution in [0.15, 0.2) is 78.9 Å². The Morgan fingerprint density at radius 2 is 1.63 bits per heavy atom. The second kappa shape index (κ2) is 7.63. The number of carbonyl (C=O) groups excluding carboxylic acids is 1. The summed E-state index contributed by atoms with van der Waals surface area (Å²) in [5.74, 6) is 0.145. The Morgan fingerprint density at radius 1 is 0.867 bits per heavy atom. The Labute approximate surface area is 171 Å². The third-order valence-corrected chi connectivity index (χ3v) is 4.73. The van der Waals surface area contributed by atoms with Gasteiger partial charge in [-0.2, -0.15) is 13.2 Å². The Balaban J connectivity index is 1.61. The summed E-state index contributed by atoms with van der Waals surface area (Å²) < 4.78 is 39.0. The number of anilines is 1. The zero-order chi connectivity index (χ0) is 21.3. The molecule has 1 amide bonds. The largest absolute Gasteiger partial charge is 0.416 e. The first-order valence-corrected chi connectivity index (χ1v) is 9.26. The number of aryl methyl sites for hydroxylation is 1. The summed E-state index contributed by atoms with van der Waals surface area (Å²) in [6, 6.07) is 21.1. The van der Waals surface area contributed by atoms with Gasteiger partial charge in [0.2, 0.25) is 0 Å². The van der Waals surface area contributed by atoms with E-state index in [0.29, 0.717) is 28.0 Å². The van der Waals surface area contributed by atoms with E-state index in [2.05, 4.69) is 10.3 Å². The van der Waals surface area contributed by atoms with Gasteiger partial charge in [0.05, 0.1) is 11.1 Å². The average Bonchev–Trinajstić information content (AvgIpc) is 2.73. The van der Waals surface area contributed by atoms with Crippen molar-refractivity contribution in [3.05, 3.63) is 95.6 Å². The molecule has 6 heteroatoms. The van der Waals surface area contributed by atoms with Crippen molar-refractivity contribution in [2.45, 2.75) is 13.1 Å². The van der Waals surface area contributed by atoms with E-state index in [-0.39, 0.29) is 5.91 Å². The van der Waals surface area contributed by atoms with Gasteiger partial charge in [-0.15, -0.1) is 0 Å². The number of alkyl halides is 3. The highest BCUT2D eigenvalue weighted by Gasteiger charge is 2.30. The fourth-order valence-corrected chi connectivity index (χ4v) is 3.22. The normalized spacial score (nSPS) is 11.5. The predicted octanol–water partition coefficient (Wildman–Crippen LogP) is 6.48. The molecule has 0 aliphatic carbocycles. The molecule has 0 saturated heterocycles. The summed E-state index contributed by atoms with van der Waals surface area (Å²) in [6.45, 7) is 1.91. The van der Waals surface area contributed by atoms with Crippen LogP contribution in [0.25, 0.3) is 22.0 Å². The number of rotatable bonds is 3. The number of carbonyl (C=O) groups is 1. The number of aromatic nitrogens is 1. The highest BCUT2D eigenvalue weighted by molar-refractivity contribution is 6.04. The van der Waals surface area contributed by atoms with E-state index < -0.39 is 11.7 Å². The number of benzene rings is 3. The van der Waals surface area contributed by atoms with Gasteiger partial charge in [0.15, 0.2) is 0 Å². The molecule has 0 atom stereocenters.